The van der Waals surface area contributed by atoms with Crippen LogP contribution in [-0.2, 0) is 0 Å². The third kappa shape index (κ3) is 3.39. The molecule has 102 valence electrons. The van der Waals surface area contributed by atoms with E-state index in [4.69, 9.17) is 16.3 Å². The Labute approximate surface area is 122 Å². The van der Waals surface area contributed by atoms with Crippen molar-refractivity contribution in [3.63, 3.8) is 0 Å². The average Bonchev–Trinajstić information content (AvgIpc) is 2.48. The molecule has 20 heavy (non-hydrogen) atoms. The molecular formula is C16H13ClO3. The van der Waals surface area contributed by atoms with Gasteiger partial charge in [0.15, 0.2) is 5.78 Å². The van der Waals surface area contributed by atoms with Crippen molar-refractivity contribution in [2.75, 3.05) is 7.11 Å². The number of halogens is 1. The zero-order chi connectivity index (χ0) is 14.5. The second-order valence-electron chi connectivity index (χ2n) is 4.13. The highest BCUT2D eigenvalue weighted by Gasteiger charge is 2.03. The monoisotopic (exact) mass is 288 g/mol. The lowest BCUT2D eigenvalue weighted by molar-refractivity contribution is 0.104. The molecule has 0 aliphatic heterocycles. The normalized spacial score (nSPS) is 10.7. The lowest BCUT2D eigenvalue weighted by atomic mass is 10.1. The number of hydrogen-bond acceptors (Lipinski definition) is 3. The van der Waals surface area contributed by atoms with Gasteiger partial charge in [-0.15, -0.1) is 0 Å². The maximum atomic E-state index is 12.0. The minimum Gasteiger partial charge on any atom is -0.507 e. The van der Waals surface area contributed by atoms with Gasteiger partial charge in [0, 0.05) is 16.1 Å². The first-order valence-electron chi connectivity index (χ1n) is 5.95. The number of methoxy groups -OCH3 is 1. The zero-order valence-electron chi connectivity index (χ0n) is 10.8. The van der Waals surface area contributed by atoms with E-state index >= 15 is 0 Å². The van der Waals surface area contributed by atoms with E-state index in [-0.39, 0.29) is 11.5 Å². The molecule has 0 amide bonds. The van der Waals surface area contributed by atoms with Gasteiger partial charge in [-0.3, -0.25) is 4.79 Å². The molecule has 0 saturated heterocycles. The molecule has 1 N–H and O–H groups in total. The highest BCUT2D eigenvalue weighted by molar-refractivity contribution is 6.30. The van der Waals surface area contributed by atoms with Crippen molar-refractivity contribution in [3.8, 4) is 11.5 Å². The van der Waals surface area contributed by atoms with E-state index < -0.39 is 0 Å². The van der Waals surface area contributed by atoms with Crippen molar-refractivity contribution < 1.29 is 14.6 Å². The molecule has 0 aliphatic carbocycles. The standard InChI is InChI=1S/C16H13ClO3/c1-20-14-6-2-11(3-7-14)15(18)8-4-12-10-13(17)5-9-16(12)19/h2-10,19H,1H3/b8-4+. The Morgan fingerprint density at radius 1 is 1.20 bits per heavy atom. The Kier molecular flexibility index (Phi) is 4.43. The molecule has 0 fully saturated rings. The molecule has 3 nitrogen and oxygen atoms in total. The van der Waals surface area contributed by atoms with Gasteiger partial charge in [-0.1, -0.05) is 11.6 Å². The molecule has 0 saturated carbocycles. The summed E-state index contributed by atoms with van der Waals surface area (Å²) in [5.74, 6) is 0.609. The van der Waals surface area contributed by atoms with Crippen LogP contribution in [0.4, 0.5) is 0 Å². The van der Waals surface area contributed by atoms with E-state index in [1.54, 1.807) is 43.5 Å². The number of aromatic hydroxyl groups is 1. The molecule has 0 aromatic heterocycles. The minimum absolute atomic E-state index is 0.0770. The highest BCUT2D eigenvalue weighted by Crippen LogP contribution is 2.23. The number of ketones is 1. The second kappa shape index (κ2) is 6.26. The Morgan fingerprint density at radius 3 is 2.55 bits per heavy atom. The fourth-order valence-electron chi connectivity index (χ4n) is 1.68. The molecule has 4 heteroatoms. The minimum atomic E-state index is -0.160. The Balaban J connectivity index is 2.17. The van der Waals surface area contributed by atoms with E-state index in [2.05, 4.69) is 0 Å². The van der Waals surface area contributed by atoms with Crippen molar-refractivity contribution in [1.82, 2.24) is 0 Å². The van der Waals surface area contributed by atoms with Crippen LogP contribution >= 0.6 is 11.6 Å². The Morgan fingerprint density at radius 2 is 1.90 bits per heavy atom. The summed E-state index contributed by atoms with van der Waals surface area (Å²) < 4.78 is 5.03. The van der Waals surface area contributed by atoms with Gasteiger partial charge >= 0.3 is 0 Å². The number of carbonyl (C=O) groups is 1. The maximum absolute atomic E-state index is 12.0. The molecule has 0 atom stereocenters. The van der Waals surface area contributed by atoms with Crippen molar-refractivity contribution >= 4 is 23.5 Å². The number of ether oxygens (including phenoxy) is 1. The summed E-state index contributed by atoms with van der Waals surface area (Å²) in [5, 5.41) is 10.1. The van der Waals surface area contributed by atoms with Gasteiger partial charge < -0.3 is 9.84 Å². The van der Waals surface area contributed by atoms with Crippen molar-refractivity contribution in [2.45, 2.75) is 0 Å². The third-order valence-corrected chi connectivity index (χ3v) is 3.01. The van der Waals surface area contributed by atoms with Gasteiger partial charge in [0.25, 0.3) is 0 Å². The van der Waals surface area contributed by atoms with Crippen LogP contribution in [0.2, 0.25) is 5.02 Å². The molecule has 2 aromatic rings. The molecule has 0 radical (unpaired) electrons. The van der Waals surface area contributed by atoms with Crippen LogP contribution in [0.15, 0.2) is 48.5 Å². The average molecular weight is 289 g/mol. The van der Waals surface area contributed by atoms with Gasteiger partial charge in [-0.25, -0.2) is 0 Å². The van der Waals surface area contributed by atoms with Crippen LogP contribution in [0, 0.1) is 0 Å². The lowest BCUT2D eigenvalue weighted by Gasteiger charge is -2.01. The molecule has 0 aliphatic rings. The first kappa shape index (κ1) is 14.2. The number of hydrogen-bond donors (Lipinski definition) is 1. The third-order valence-electron chi connectivity index (χ3n) is 2.78. The van der Waals surface area contributed by atoms with E-state index in [0.29, 0.717) is 21.9 Å². The summed E-state index contributed by atoms with van der Waals surface area (Å²) in [5.41, 5.74) is 1.04. The van der Waals surface area contributed by atoms with Crippen LogP contribution in [-0.4, -0.2) is 18.0 Å². The number of rotatable bonds is 4. The van der Waals surface area contributed by atoms with E-state index in [1.807, 2.05) is 0 Å². The van der Waals surface area contributed by atoms with Gasteiger partial charge in [-0.2, -0.15) is 0 Å². The molecule has 2 rings (SSSR count). The highest BCUT2D eigenvalue weighted by atomic mass is 35.5. The van der Waals surface area contributed by atoms with Crippen LogP contribution in [0.3, 0.4) is 0 Å². The van der Waals surface area contributed by atoms with Crippen LogP contribution in [0.25, 0.3) is 6.08 Å². The maximum Gasteiger partial charge on any atom is 0.185 e. The molecular weight excluding hydrogens is 276 g/mol. The Bertz CT molecular complexity index is 645. The number of benzene rings is 2. The van der Waals surface area contributed by atoms with Gasteiger partial charge in [-0.05, 0) is 54.6 Å². The largest absolute Gasteiger partial charge is 0.507 e. The summed E-state index contributed by atoms with van der Waals surface area (Å²) >= 11 is 5.84. The number of carbonyl (C=O) groups excluding carboxylic acids is 1. The number of allylic oxidation sites excluding steroid dienone is 1. The van der Waals surface area contributed by atoms with Crippen LogP contribution in [0.5, 0.6) is 11.5 Å². The number of phenols is 1. The first-order valence-corrected chi connectivity index (χ1v) is 6.33. The van der Waals surface area contributed by atoms with Crippen molar-refractivity contribution in [3.05, 3.63) is 64.7 Å². The summed E-state index contributed by atoms with van der Waals surface area (Å²) in [6.07, 6.45) is 2.93. The summed E-state index contributed by atoms with van der Waals surface area (Å²) in [7, 11) is 1.57. The molecule has 2 aromatic carbocycles. The predicted octanol–water partition coefficient (Wildman–Crippen LogP) is 3.95. The molecule has 0 spiro atoms. The van der Waals surface area contributed by atoms with Crippen LogP contribution in [0.1, 0.15) is 15.9 Å². The van der Waals surface area contributed by atoms with E-state index in [0.717, 1.165) is 0 Å². The smallest absolute Gasteiger partial charge is 0.185 e. The summed E-state index contributed by atoms with van der Waals surface area (Å²) in [6.45, 7) is 0. The fraction of sp³-hybridized carbons (Fsp3) is 0.0625. The SMILES string of the molecule is COc1ccc(C(=O)/C=C/c2cc(Cl)ccc2O)cc1. The van der Waals surface area contributed by atoms with Gasteiger partial charge in [0.1, 0.15) is 11.5 Å². The molecule has 0 unspecified atom stereocenters. The first-order chi connectivity index (χ1) is 9.60. The molecule has 0 bridgehead atoms. The van der Waals surface area contributed by atoms with Crippen molar-refractivity contribution in [2.24, 2.45) is 0 Å². The van der Waals surface area contributed by atoms with E-state index in [9.17, 15) is 9.90 Å². The molecule has 0 heterocycles. The predicted molar refractivity (Wildman–Crippen MR) is 79.5 cm³/mol. The summed E-state index contributed by atoms with van der Waals surface area (Å²) in [4.78, 5) is 12.0. The zero-order valence-corrected chi connectivity index (χ0v) is 11.6. The Hall–Kier alpha value is -2.26. The fourth-order valence-corrected chi connectivity index (χ4v) is 1.86. The quantitative estimate of drug-likeness (QED) is 0.684. The van der Waals surface area contributed by atoms with E-state index in [1.165, 1.54) is 18.2 Å². The lowest BCUT2D eigenvalue weighted by Crippen LogP contribution is -1.94. The topological polar surface area (TPSA) is 46.5 Å². The second-order valence-corrected chi connectivity index (χ2v) is 4.57. The summed E-state index contributed by atoms with van der Waals surface area (Å²) in [6, 6.07) is 11.5. The van der Waals surface area contributed by atoms with Gasteiger partial charge in [0.05, 0.1) is 7.11 Å². The van der Waals surface area contributed by atoms with Crippen molar-refractivity contribution in [1.29, 1.82) is 0 Å². The van der Waals surface area contributed by atoms with Crippen LogP contribution < -0.4 is 4.74 Å². The number of phenolic OH excluding ortho intramolecular Hbond substituents is 1. The van der Waals surface area contributed by atoms with Gasteiger partial charge in [0.2, 0.25) is 0 Å².